The van der Waals surface area contributed by atoms with Gasteiger partial charge in [-0.05, 0) is 44.5 Å². The quantitative estimate of drug-likeness (QED) is 0.690. The Morgan fingerprint density at radius 1 is 1.03 bits per heavy atom. The second kappa shape index (κ2) is 6.99. The summed E-state index contributed by atoms with van der Waals surface area (Å²) in [4.78, 5) is 26.7. The Kier molecular flexibility index (Phi) is 4.30. The van der Waals surface area contributed by atoms with Crippen LogP contribution in [0.25, 0.3) is 5.69 Å². The van der Waals surface area contributed by atoms with Crippen LogP contribution in [0.3, 0.4) is 0 Å². The van der Waals surface area contributed by atoms with E-state index >= 15 is 0 Å². The zero-order valence-electron chi connectivity index (χ0n) is 16.7. The third-order valence-electron chi connectivity index (χ3n) is 5.93. The molecule has 0 bridgehead atoms. The molecule has 29 heavy (non-hydrogen) atoms. The third kappa shape index (κ3) is 3.16. The van der Waals surface area contributed by atoms with Gasteiger partial charge in [-0.1, -0.05) is 18.2 Å². The molecule has 2 aromatic heterocycles. The maximum atomic E-state index is 13.3. The minimum absolute atomic E-state index is 0.0259. The van der Waals surface area contributed by atoms with Gasteiger partial charge in [0, 0.05) is 36.9 Å². The molecule has 0 aliphatic carbocycles. The first-order valence-corrected chi connectivity index (χ1v) is 10.1. The number of nitrogens with zero attached hydrogens (tertiary/aromatic N) is 6. The minimum atomic E-state index is 0.0259. The molecule has 2 unspecified atom stereocenters. The summed E-state index contributed by atoms with van der Waals surface area (Å²) >= 11 is 0. The standard InChI is InChI=1S/C22H24N6O/c1-15-12-16(2)25-22(24-15)27-13-17-9-11-26(14-20(17)27)21(29)19-8-10-23-28(19)18-6-4-3-5-7-18/h3-8,10,12,17,20H,9,11,13-14H2,1-2H3. The molecular weight excluding hydrogens is 364 g/mol. The Morgan fingerprint density at radius 3 is 2.55 bits per heavy atom. The van der Waals surface area contributed by atoms with Gasteiger partial charge in [0.2, 0.25) is 5.95 Å². The smallest absolute Gasteiger partial charge is 0.272 e. The zero-order valence-corrected chi connectivity index (χ0v) is 16.7. The van der Waals surface area contributed by atoms with Crippen molar-refractivity contribution in [1.82, 2.24) is 24.6 Å². The van der Waals surface area contributed by atoms with Crippen molar-refractivity contribution < 1.29 is 4.79 Å². The number of amides is 1. The highest BCUT2D eigenvalue weighted by Gasteiger charge is 2.45. The lowest BCUT2D eigenvalue weighted by molar-refractivity contribution is 0.0580. The van der Waals surface area contributed by atoms with Gasteiger partial charge in [-0.3, -0.25) is 4.79 Å². The summed E-state index contributed by atoms with van der Waals surface area (Å²) in [5.41, 5.74) is 3.45. The molecule has 2 fully saturated rings. The van der Waals surface area contributed by atoms with Crippen LogP contribution in [0.15, 0.2) is 48.7 Å². The first-order chi connectivity index (χ1) is 14.1. The molecule has 3 aromatic rings. The molecule has 2 saturated heterocycles. The van der Waals surface area contributed by atoms with Gasteiger partial charge < -0.3 is 9.80 Å². The Hall–Kier alpha value is -3.22. The largest absolute Gasteiger partial charge is 0.335 e. The number of piperidine rings is 1. The number of likely N-dealkylation sites (tertiary alicyclic amines) is 1. The Balaban J connectivity index is 1.36. The van der Waals surface area contributed by atoms with E-state index in [-0.39, 0.29) is 11.9 Å². The topological polar surface area (TPSA) is 67.2 Å². The second-order valence-electron chi connectivity index (χ2n) is 7.93. The summed E-state index contributed by atoms with van der Waals surface area (Å²) in [5.74, 6) is 1.41. The molecule has 7 heteroatoms. The highest BCUT2D eigenvalue weighted by Crippen LogP contribution is 2.35. The van der Waals surface area contributed by atoms with E-state index in [1.165, 1.54) is 0 Å². The molecule has 5 rings (SSSR count). The van der Waals surface area contributed by atoms with Crippen LogP contribution in [0.1, 0.15) is 28.3 Å². The van der Waals surface area contributed by atoms with Crippen molar-refractivity contribution in [1.29, 1.82) is 0 Å². The third-order valence-corrected chi connectivity index (χ3v) is 5.93. The van der Waals surface area contributed by atoms with Crippen molar-refractivity contribution in [2.75, 3.05) is 24.5 Å². The van der Waals surface area contributed by atoms with Crippen LogP contribution in [-0.4, -0.2) is 56.2 Å². The number of carbonyl (C=O) groups is 1. The molecule has 2 aliphatic rings. The van der Waals surface area contributed by atoms with Crippen LogP contribution < -0.4 is 4.90 Å². The summed E-state index contributed by atoms with van der Waals surface area (Å²) in [6, 6.07) is 13.8. The van der Waals surface area contributed by atoms with Gasteiger partial charge in [-0.25, -0.2) is 14.6 Å². The molecule has 0 radical (unpaired) electrons. The number of rotatable bonds is 3. The minimum Gasteiger partial charge on any atom is -0.335 e. The fourth-order valence-corrected chi connectivity index (χ4v) is 4.45. The van der Waals surface area contributed by atoms with E-state index in [4.69, 9.17) is 0 Å². The first-order valence-electron chi connectivity index (χ1n) is 10.1. The van der Waals surface area contributed by atoms with Gasteiger partial charge in [0.15, 0.2) is 0 Å². The van der Waals surface area contributed by atoms with E-state index < -0.39 is 0 Å². The average molecular weight is 388 g/mol. The number of aryl methyl sites for hydroxylation is 2. The number of para-hydroxylation sites is 1. The molecule has 0 N–H and O–H groups in total. The molecule has 2 atom stereocenters. The molecule has 1 aromatic carbocycles. The number of hydrogen-bond acceptors (Lipinski definition) is 5. The predicted octanol–water partition coefficient (Wildman–Crippen LogP) is 2.63. The molecule has 1 amide bonds. The van der Waals surface area contributed by atoms with Gasteiger partial charge in [0.1, 0.15) is 5.69 Å². The Bertz CT molecular complexity index is 1030. The fraction of sp³-hybridized carbons (Fsp3) is 0.364. The molecule has 0 saturated carbocycles. The van der Waals surface area contributed by atoms with Crippen LogP contribution in [0.4, 0.5) is 5.95 Å². The lowest BCUT2D eigenvalue weighted by Gasteiger charge is -2.53. The summed E-state index contributed by atoms with van der Waals surface area (Å²) in [6.07, 6.45) is 2.70. The van der Waals surface area contributed by atoms with E-state index in [2.05, 4.69) is 20.0 Å². The van der Waals surface area contributed by atoms with Crippen molar-refractivity contribution in [3.05, 3.63) is 65.7 Å². The molecule has 4 heterocycles. The van der Waals surface area contributed by atoms with Crippen molar-refractivity contribution in [2.24, 2.45) is 5.92 Å². The SMILES string of the molecule is Cc1cc(C)nc(N2CC3CCN(C(=O)c4ccnn4-c4ccccc4)CC32)n1. The monoisotopic (exact) mass is 388 g/mol. The Morgan fingerprint density at radius 2 is 1.79 bits per heavy atom. The van der Waals surface area contributed by atoms with E-state index in [1.807, 2.05) is 55.1 Å². The average Bonchev–Trinajstić information content (AvgIpc) is 3.18. The van der Waals surface area contributed by atoms with Crippen molar-refractivity contribution >= 4 is 11.9 Å². The van der Waals surface area contributed by atoms with Crippen molar-refractivity contribution in [3.8, 4) is 5.69 Å². The maximum absolute atomic E-state index is 13.3. The lowest BCUT2D eigenvalue weighted by Crippen LogP contribution is -2.65. The summed E-state index contributed by atoms with van der Waals surface area (Å²) in [5, 5.41) is 4.37. The van der Waals surface area contributed by atoms with Crippen LogP contribution >= 0.6 is 0 Å². The predicted molar refractivity (Wildman–Crippen MR) is 110 cm³/mol. The number of carbonyl (C=O) groups excluding carboxylic acids is 1. The van der Waals surface area contributed by atoms with Crippen LogP contribution in [-0.2, 0) is 0 Å². The normalized spacial score (nSPS) is 20.9. The van der Waals surface area contributed by atoms with Crippen LogP contribution in [0, 0.1) is 19.8 Å². The summed E-state index contributed by atoms with van der Waals surface area (Å²) in [7, 11) is 0. The van der Waals surface area contributed by atoms with Crippen molar-refractivity contribution in [2.45, 2.75) is 26.3 Å². The molecule has 0 spiro atoms. The lowest BCUT2D eigenvalue weighted by atomic mass is 9.82. The summed E-state index contributed by atoms with van der Waals surface area (Å²) in [6.45, 7) is 6.44. The molecular formula is C22H24N6O. The van der Waals surface area contributed by atoms with Crippen molar-refractivity contribution in [3.63, 3.8) is 0 Å². The molecule has 2 aliphatic heterocycles. The van der Waals surface area contributed by atoms with Gasteiger partial charge in [0.25, 0.3) is 5.91 Å². The summed E-state index contributed by atoms with van der Waals surface area (Å²) < 4.78 is 1.72. The number of aromatic nitrogens is 4. The molecule has 7 nitrogen and oxygen atoms in total. The van der Waals surface area contributed by atoms with E-state index in [0.29, 0.717) is 18.2 Å². The fourth-order valence-electron chi connectivity index (χ4n) is 4.45. The van der Waals surface area contributed by atoms with E-state index in [0.717, 1.165) is 42.5 Å². The first kappa shape index (κ1) is 17.8. The highest BCUT2D eigenvalue weighted by molar-refractivity contribution is 5.93. The maximum Gasteiger partial charge on any atom is 0.272 e. The second-order valence-corrected chi connectivity index (χ2v) is 7.93. The van der Waals surface area contributed by atoms with E-state index in [1.54, 1.807) is 16.9 Å². The highest BCUT2D eigenvalue weighted by atomic mass is 16.2. The van der Waals surface area contributed by atoms with Crippen LogP contribution in [0.5, 0.6) is 0 Å². The molecule has 148 valence electrons. The van der Waals surface area contributed by atoms with Crippen LogP contribution in [0.2, 0.25) is 0 Å². The van der Waals surface area contributed by atoms with Gasteiger partial charge in [0.05, 0.1) is 17.9 Å². The van der Waals surface area contributed by atoms with Gasteiger partial charge in [-0.2, -0.15) is 5.10 Å². The van der Waals surface area contributed by atoms with Gasteiger partial charge in [-0.15, -0.1) is 0 Å². The number of anilines is 1. The van der Waals surface area contributed by atoms with E-state index in [9.17, 15) is 4.79 Å². The number of hydrogen-bond donors (Lipinski definition) is 0. The number of benzene rings is 1. The Labute approximate surface area is 170 Å². The number of fused-ring (bicyclic) bond motifs is 1. The zero-order chi connectivity index (χ0) is 20.0. The van der Waals surface area contributed by atoms with Gasteiger partial charge >= 0.3 is 0 Å².